The Balaban J connectivity index is 2.31. The van der Waals surface area contributed by atoms with Gasteiger partial charge in [0, 0.05) is 15.0 Å². The van der Waals surface area contributed by atoms with E-state index in [0.717, 1.165) is 31.5 Å². The van der Waals surface area contributed by atoms with Gasteiger partial charge in [0.2, 0.25) is 5.88 Å². The molecule has 2 aromatic rings. The molecule has 0 fully saturated rings. The topological polar surface area (TPSA) is 22.1 Å². The predicted molar refractivity (Wildman–Crippen MR) is 80.4 cm³/mol. The van der Waals surface area contributed by atoms with Crippen LogP contribution in [0.4, 0.5) is 0 Å². The number of hydrogen-bond donors (Lipinski definition) is 0. The van der Waals surface area contributed by atoms with Gasteiger partial charge in [-0.1, -0.05) is 15.9 Å². The molecule has 0 N–H and O–H groups in total. The van der Waals surface area contributed by atoms with Crippen LogP contribution in [0.15, 0.2) is 33.2 Å². The summed E-state index contributed by atoms with van der Waals surface area (Å²) in [4.78, 5) is 4.37. The van der Waals surface area contributed by atoms with Gasteiger partial charge < -0.3 is 4.74 Å². The van der Waals surface area contributed by atoms with Crippen molar-refractivity contribution in [3.05, 3.63) is 50.0 Å². The average Bonchev–Trinajstić information content (AvgIpc) is 2.31. The molecule has 2 rings (SSSR count). The molecule has 1 aromatic heterocycles. The van der Waals surface area contributed by atoms with Crippen molar-refractivity contribution >= 4 is 31.9 Å². The van der Waals surface area contributed by atoms with Crippen molar-refractivity contribution in [2.45, 2.75) is 20.8 Å². The normalized spacial score (nSPS) is 10.5. The van der Waals surface area contributed by atoms with Crippen LogP contribution in [0.2, 0.25) is 0 Å². The molecule has 0 bridgehead atoms. The zero-order valence-corrected chi connectivity index (χ0v) is 13.6. The highest BCUT2D eigenvalue weighted by molar-refractivity contribution is 9.10. The Kier molecular flexibility index (Phi) is 4.07. The minimum absolute atomic E-state index is 0.608. The Bertz CT molecular complexity index is 573. The van der Waals surface area contributed by atoms with Gasteiger partial charge in [0.05, 0.1) is 5.69 Å². The van der Waals surface area contributed by atoms with E-state index in [1.54, 1.807) is 0 Å². The van der Waals surface area contributed by atoms with Crippen molar-refractivity contribution in [2.75, 3.05) is 0 Å². The minimum Gasteiger partial charge on any atom is -0.439 e. The van der Waals surface area contributed by atoms with E-state index in [2.05, 4.69) is 36.8 Å². The van der Waals surface area contributed by atoms with E-state index in [-0.39, 0.29) is 0 Å². The van der Waals surface area contributed by atoms with E-state index in [4.69, 9.17) is 4.74 Å². The quantitative estimate of drug-likeness (QED) is 0.713. The van der Waals surface area contributed by atoms with Crippen molar-refractivity contribution in [3.63, 3.8) is 0 Å². The van der Waals surface area contributed by atoms with Gasteiger partial charge in [-0.25, -0.2) is 4.98 Å². The molecule has 94 valence electrons. The molecule has 18 heavy (non-hydrogen) atoms. The number of hydrogen-bond acceptors (Lipinski definition) is 2. The number of rotatable bonds is 2. The van der Waals surface area contributed by atoms with E-state index in [1.807, 2.05) is 45.0 Å². The second kappa shape index (κ2) is 5.41. The van der Waals surface area contributed by atoms with E-state index in [0.29, 0.717) is 5.88 Å². The number of ether oxygens (including phenoxy) is 1. The van der Waals surface area contributed by atoms with Gasteiger partial charge >= 0.3 is 0 Å². The number of nitrogens with zero attached hydrogens (tertiary/aromatic N) is 1. The summed E-state index contributed by atoms with van der Waals surface area (Å²) in [6.07, 6.45) is 0. The maximum absolute atomic E-state index is 5.78. The SMILES string of the molecule is Cc1cc(Oc2ccc(Br)c(C)n2)cc(C)c1Br. The molecule has 4 heteroatoms. The van der Waals surface area contributed by atoms with Crippen LogP contribution < -0.4 is 4.74 Å². The van der Waals surface area contributed by atoms with Crippen LogP contribution in [-0.2, 0) is 0 Å². The largest absolute Gasteiger partial charge is 0.439 e. The first-order valence-corrected chi connectivity index (χ1v) is 7.13. The first-order valence-electron chi connectivity index (χ1n) is 5.55. The Hall–Kier alpha value is -0.870. The molecule has 1 aromatic carbocycles. The summed E-state index contributed by atoms with van der Waals surface area (Å²) in [5.41, 5.74) is 3.22. The van der Waals surface area contributed by atoms with Crippen LogP contribution in [0.3, 0.4) is 0 Å². The third-order valence-electron chi connectivity index (χ3n) is 2.63. The number of aromatic nitrogens is 1. The second-order valence-corrected chi connectivity index (χ2v) is 5.84. The summed E-state index contributed by atoms with van der Waals surface area (Å²) in [7, 11) is 0. The monoisotopic (exact) mass is 369 g/mol. The maximum Gasteiger partial charge on any atom is 0.219 e. The molecule has 0 aliphatic rings. The van der Waals surface area contributed by atoms with Gasteiger partial charge in [-0.2, -0.15) is 0 Å². The molecule has 0 saturated carbocycles. The lowest BCUT2D eigenvalue weighted by molar-refractivity contribution is 0.460. The molecule has 0 unspecified atom stereocenters. The number of aryl methyl sites for hydroxylation is 3. The van der Waals surface area contributed by atoms with Gasteiger partial charge in [-0.05, 0) is 66.0 Å². The molecular weight excluding hydrogens is 358 g/mol. The summed E-state index contributed by atoms with van der Waals surface area (Å²) >= 11 is 6.97. The highest BCUT2D eigenvalue weighted by atomic mass is 79.9. The summed E-state index contributed by atoms with van der Waals surface area (Å²) < 4.78 is 7.88. The molecule has 0 aliphatic carbocycles. The fraction of sp³-hybridized carbons (Fsp3) is 0.214. The van der Waals surface area contributed by atoms with E-state index in [1.165, 1.54) is 0 Å². The van der Waals surface area contributed by atoms with Crippen LogP contribution in [0.1, 0.15) is 16.8 Å². The first-order chi connectivity index (χ1) is 8.47. The third kappa shape index (κ3) is 2.93. The Morgan fingerprint density at radius 3 is 2.17 bits per heavy atom. The van der Waals surface area contributed by atoms with Crippen LogP contribution in [0.25, 0.3) is 0 Å². The zero-order chi connectivity index (χ0) is 13.3. The zero-order valence-electron chi connectivity index (χ0n) is 10.4. The molecule has 0 saturated heterocycles. The van der Waals surface area contributed by atoms with Gasteiger partial charge in [-0.15, -0.1) is 0 Å². The molecule has 0 atom stereocenters. The van der Waals surface area contributed by atoms with Gasteiger partial charge in [0.25, 0.3) is 0 Å². The molecule has 0 radical (unpaired) electrons. The van der Waals surface area contributed by atoms with Crippen molar-refractivity contribution in [1.29, 1.82) is 0 Å². The van der Waals surface area contributed by atoms with Gasteiger partial charge in [0.1, 0.15) is 5.75 Å². The van der Waals surface area contributed by atoms with Crippen molar-refractivity contribution in [3.8, 4) is 11.6 Å². The number of pyridine rings is 1. The standard InChI is InChI=1S/C14H13Br2NO/c1-8-6-11(7-9(2)14(8)16)18-13-5-4-12(15)10(3)17-13/h4-7H,1-3H3. The van der Waals surface area contributed by atoms with E-state index >= 15 is 0 Å². The number of benzene rings is 1. The predicted octanol–water partition coefficient (Wildman–Crippen LogP) is 5.32. The summed E-state index contributed by atoms with van der Waals surface area (Å²) in [6, 6.07) is 7.78. The molecular formula is C14H13Br2NO. The van der Waals surface area contributed by atoms with Crippen LogP contribution in [0, 0.1) is 20.8 Å². The fourth-order valence-corrected chi connectivity index (χ4v) is 2.11. The second-order valence-electron chi connectivity index (χ2n) is 4.19. The highest BCUT2D eigenvalue weighted by Gasteiger charge is 2.06. The van der Waals surface area contributed by atoms with E-state index in [9.17, 15) is 0 Å². The van der Waals surface area contributed by atoms with Crippen molar-refractivity contribution in [1.82, 2.24) is 4.98 Å². The van der Waals surface area contributed by atoms with Crippen molar-refractivity contribution in [2.24, 2.45) is 0 Å². The molecule has 0 amide bonds. The minimum atomic E-state index is 0.608. The highest BCUT2D eigenvalue weighted by Crippen LogP contribution is 2.29. The van der Waals surface area contributed by atoms with Crippen LogP contribution >= 0.6 is 31.9 Å². The Morgan fingerprint density at radius 1 is 1.00 bits per heavy atom. The van der Waals surface area contributed by atoms with E-state index < -0.39 is 0 Å². The Labute approximate surface area is 124 Å². The molecule has 0 aliphatic heterocycles. The van der Waals surface area contributed by atoms with Gasteiger partial charge in [0.15, 0.2) is 0 Å². The maximum atomic E-state index is 5.78. The summed E-state index contributed by atoms with van der Waals surface area (Å²) in [6.45, 7) is 6.03. The fourth-order valence-electron chi connectivity index (χ4n) is 1.66. The summed E-state index contributed by atoms with van der Waals surface area (Å²) in [5.74, 6) is 1.42. The number of halogens is 2. The molecule has 0 spiro atoms. The van der Waals surface area contributed by atoms with Crippen LogP contribution in [0.5, 0.6) is 11.6 Å². The Morgan fingerprint density at radius 2 is 1.61 bits per heavy atom. The molecule has 1 heterocycles. The lowest BCUT2D eigenvalue weighted by Crippen LogP contribution is -1.92. The average molecular weight is 371 g/mol. The molecule has 2 nitrogen and oxygen atoms in total. The first kappa shape index (κ1) is 13.6. The lowest BCUT2D eigenvalue weighted by Gasteiger charge is -2.10. The third-order valence-corrected chi connectivity index (χ3v) is 4.72. The van der Waals surface area contributed by atoms with Crippen LogP contribution in [-0.4, -0.2) is 4.98 Å². The smallest absolute Gasteiger partial charge is 0.219 e. The summed E-state index contributed by atoms with van der Waals surface area (Å²) in [5, 5.41) is 0. The lowest BCUT2D eigenvalue weighted by atomic mass is 10.1. The van der Waals surface area contributed by atoms with Crippen molar-refractivity contribution < 1.29 is 4.74 Å². The van der Waals surface area contributed by atoms with Gasteiger partial charge in [-0.3, -0.25) is 0 Å².